The summed E-state index contributed by atoms with van der Waals surface area (Å²) in [5.74, 6) is -0.445. The number of aromatic nitrogens is 1. The van der Waals surface area contributed by atoms with E-state index in [0.717, 1.165) is 21.3 Å². The van der Waals surface area contributed by atoms with Crippen LogP contribution in [0.3, 0.4) is 0 Å². The maximum Gasteiger partial charge on any atom is 0.231 e. The zero-order chi connectivity index (χ0) is 18.1. The van der Waals surface area contributed by atoms with E-state index in [1.807, 2.05) is 55.5 Å². The number of fused-ring (bicyclic) bond motifs is 1. The fourth-order valence-electron chi connectivity index (χ4n) is 3.25. The quantitative estimate of drug-likeness (QED) is 0.768. The van der Waals surface area contributed by atoms with Crippen molar-refractivity contribution >= 4 is 38.5 Å². The van der Waals surface area contributed by atoms with Gasteiger partial charge in [0.2, 0.25) is 11.8 Å². The van der Waals surface area contributed by atoms with Crippen molar-refractivity contribution in [1.29, 1.82) is 0 Å². The Morgan fingerprint density at radius 1 is 1.23 bits per heavy atom. The number of para-hydroxylation sites is 1. The van der Waals surface area contributed by atoms with E-state index >= 15 is 0 Å². The van der Waals surface area contributed by atoms with E-state index in [1.54, 1.807) is 4.90 Å². The highest BCUT2D eigenvalue weighted by atomic mass is 32.1. The highest BCUT2D eigenvalue weighted by molar-refractivity contribution is 7.22. The van der Waals surface area contributed by atoms with Gasteiger partial charge in [-0.15, -0.1) is 0 Å². The monoisotopic (exact) mass is 365 g/mol. The number of aryl methyl sites for hydroxylation is 1. The number of carbonyl (C=O) groups is 2. The first-order valence-corrected chi connectivity index (χ1v) is 9.40. The van der Waals surface area contributed by atoms with Crippen LogP contribution in [0.1, 0.15) is 17.5 Å². The van der Waals surface area contributed by atoms with Crippen LogP contribution in [-0.2, 0) is 16.1 Å². The van der Waals surface area contributed by atoms with Crippen LogP contribution in [0.15, 0.2) is 48.5 Å². The number of benzene rings is 2. The predicted octanol–water partition coefficient (Wildman–Crippen LogP) is 3.59. The zero-order valence-electron chi connectivity index (χ0n) is 14.4. The Labute approximate surface area is 155 Å². The van der Waals surface area contributed by atoms with E-state index in [0.29, 0.717) is 18.2 Å². The molecule has 0 bridgehead atoms. The van der Waals surface area contributed by atoms with Crippen LogP contribution in [0, 0.1) is 12.8 Å². The van der Waals surface area contributed by atoms with E-state index in [9.17, 15) is 9.59 Å². The molecule has 0 spiro atoms. The molecule has 2 heterocycles. The molecule has 1 aromatic heterocycles. The van der Waals surface area contributed by atoms with Crippen molar-refractivity contribution in [2.45, 2.75) is 19.9 Å². The average Bonchev–Trinajstić information content (AvgIpc) is 3.20. The van der Waals surface area contributed by atoms with Crippen LogP contribution < -0.4 is 5.32 Å². The number of hydrogen-bond acceptors (Lipinski definition) is 4. The Kier molecular flexibility index (Phi) is 4.42. The van der Waals surface area contributed by atoms with Crippen LogP contribution in [0.5, 0.6) is 0 Å². The van der Waals surface area contributed by atoms with Gasteiger partial charge in [0.15, 0.2) is 5.13 Å². The number of likely N-dealkylation sites (tertiary alicyclic amines) is 1. The molecular weight excluding hydrogens is 346 g/mol. The summed E-state index contributed by atoms with van der Waals surface area (Å²) >= 11 is 1.46. The molecule has 26 heavy (non-hydrogen) atoms. The number of anilines is 1. The molecular formula is C20H19N3O2S. The number of amides is 2. The lowest BCUT2D eigenvalue weighted by atomic mass is 10.1. The van der Waals surface area contributed by atoms with Crippen LogP contribution >= 0.6 is 11.3 Å². The fraction of sp³-hybridized carbons (Fsp3) is 0.250. The van der Waals surface area contributed by atoms with E-state index in [4.69, 9.17) is 0 Å². The molecule has 1 aliphatic heterocycles. The van der Waals surface area contributed by atoms with Crippen molar-refractivity contribution in [2.75, 3.05) is 11.9 Å². The summed E-state index contributed by atoms with van der Waals surface area (Å²) in [4.78, 5) is 31.1. The summed E-state index contributed by atoms with van der Waals surface area (Å²) in [6, 6.07) is 15.8. The highest BCUT2D eigenvalue weighted by Crippen LogP contribution is 2.29. The van der Waals surface area contributed by atoms with E-state index in [1.165, 1.54) is 11.3 Å². The third kappa shape index (κ3) is 3.32. The Balaban J connectivity index is 1.43. The maximum atomic E-state index is 12.6. The molecule has 132 valence electrons. The highest BCUT2D eigenvalue weighted by Gasteiger charge is 2.34. The first-order chi connectivity index (χ1) is 12.6. The molecule has 2 aromatic carbocycles. The van der Waals surface area contributed by atoms with Gasteiger partial charge in [-0.05, 0) is 24.1 Å². The Morgan fingerprint density at radius 2 is 2.04 bits per heavy atom. The van der Waals surface area contributed by atoms with Gasteiger partial charge in [0.25, 0.3) is 0 Å². The number of thiazole rings is 1. The topological polar surface area (TPSA) is 62.3 Å². The van der Waals surface area contributed by atoms with Crippen molar-refractivity contribution < 1.29 is 9.59 Å². The second-order valence-corrected chi connectivity index (χ2v) is 7.62. The van der Waals surface area contributed by atoms with Crippen molar-refractivity contribution in [1.82, 2.24) is 9.88 Å². The molecule has 0 radical (unpaired) electrons. The lowest BCUT2D eigenvalue weighted by Crippen LogP contribution is -2.28. The third-order valence-corrected chi connectivity index (χ3v) is 5.59. The Hall–Kier alpha value is -2.73. The summed E-state index contributed by atoms with van der Waals surface area (Å²) < 4.78 is 1.05. The minimum Gasteiger partial charge on any atom is -0.338 e. The minimum absolute atomic E-state index is 0.0224. The fourth-order valence-corrected chi connectivity index (χ4v) is 4.20. The van der Waals surface area contributed by atoms with Gasteiger partial charge in [0.05, 0.1) is 16.1 Å². The van der Waals surface area contributed by atoms with Crippen LogP contribution in [0.25, 0.3) is 10.2 Å². The van der Waals surface area contributed by atoms with Gasteiger partial charge in [0.1, 0.15) is 0 Å². The molecule has 1 fully saturated rings. The summed E-state index contributed by atoms with van der Waals surface area (Å²) in [6.07, 6.45) is 0.253. The summed E-state index contributed by atoms with van der Waals surface area (Å²) in [5.41, 5.74) is 3.08. The number of hydrogen-bond donors (Lipinski definition) is 1. The standard InChI is InChI=1S/C20H19N3O2S/c1-13-6-5-9-16-18(13)21-20(26-16)22-19(25)15-10-17(24)23(12-15)11-14-7-3-2-4-8-14/h2-9,15H,10-12H2,1H3,(H,21,22,25)/t15-/m0/s1. The minimum atomic E-state index is -0.334. The van der Waals surface area contributed by atoms with Crippen molar-refractivity contribution in [3.05, 3.63) is 59.7 Å². The van der Waals surface area contributed by atoms with Crippen LogP contribution in [0.2, 0.25) is 0 Å². The second kappa shape index (κ2) is 6.88. The summed E-state index contributed by atoms with van der Waals surface area (Å²) in [5, 5.41) is 3.49. The van der Waals surface area contributed by atoms with Crippen molar-refractivity contribution in [3.63, 3.8) is 0 Å². The molecule has 2 amide bonds. The number of carbonyl (C=O) groups excluding carboxylic acids is 2. The zero-order valence-corrected chi connectivity index (χ0v) is 15.3. The third-order valence-electron chi connectivity index (χ3n) is 4.65. The Bertz CT molecular complexity index is 968. The Morgan fingerprint density at radius 3 is 2.81 bits per heavy atom. The molecule has 1 atom stereocenters. The molecule has 1 saturated heterocycles. The molecule has 1 aliphatic rings. The molecule has 5 nitrogen and oxygen atoms in total. The van der Waals surface area contributed by atoms with Crippen LogP contribution in [0.4, 0.5) is 5.13 Å². The largest absolute Gasteiger partial charge is 0.338 e. The molecule has 0 saturated carbocycles. The first kappa shape index (κ1) is 16.7. The number of rotatable bonds is 4. The van der Waals surface area contributed by atoms with E-state index in [2.05, 4.69) is 10.3 Å². The molecule has 3 aromatic rings. The van der Waals surface area contributed by atoms with Gasteiger partial charge >= 0.3 is 0 Å². The second-order valence-electron chi connectivity index (χ2n) is 6.59. The van der Waals surface area contributed by atoms with Gasteiger partial charge in [-0.2, -0.15) is 0 Å². The smallest absolute Gasteiger partial charge is 0.231 e. The number of nitrogens with one attached hydrogen (secondary N) is 1. The first-order valence-electron chi connectivity index (χ1n) is 8.59. The van der Waals surface area contributed by atoms with E-state index < -0.39 is 0 Å². The molecule has 6 heteroatoms. The van der Waals surface area contributed by atoms with Gasteiger partial charge in [-0.25, -0.2) is 4.98 Å². The molecule has 4 rings (SSSR count). The lowest BCUT2D eigenvalue weighted by molar-refractivity contribution is -0.128. The normalized spacial score (nSPS) is 17.0. The summed E-state index contributed by atoms with van der Waals surface area (Å²) in [7, 11) is 0. The molecule has 1 N–H and O–H groups in total. The number of nitrogens with zero attached hydrogens (tertiary/aromatic N) is 2. The van der Waals surface area contributed by atoms with Crippen molar-refractivity contribution in [3.8, 4) is 0 Å². The van der Waals surface area contributed by atoms with Gasteiger partial charge < -0.3 is 10.2 Å². The van der Waals surface area contributed by atoms with Gasteiger partial charge in [-0.1, -0.05) is 53.8 Å². The van der Waals surface area contributed by atoms with Gasteiger partial charge in [-0.3, -0.25) is 9.59 Å². The van der Waals surface area contributed by atoms with Crippen LogP contribution in [-0.4, -0.2) is 28.2 Å². The van der Waals surface area contributed by atoms with Gasteiger partial charge in [0, 0.05) is 19.5 Å². The molecule has 0 unspecified atom stereocenters. The molecule has 0 aliphatic carbocycles. The van der Waals surface area contributed by atoms with E-state index in [-0.39, 0.29) is 24.2 Å². The SMILES string of the molecule is Cc1cccc2sc(NC(=O)[C@H]3CC(=O)N(Cc4ccccc4)C3)nc12. The predicted molar refractivity (Wildman–Crippen MR) is 103 cm³/mol. The maximum absolute atomic E-state index is 12.6. The van der Waals surface area contributed by atoms with Crippen molar-refractivity contribution in [2.24, 2.45) is 5.92 Å². The summed E-state index contributed by atoms with van der Waals surface area (Å²) in [6.45, 7) is 3.00. The lowest BCUT2D eigenvalue weighted by Gasteiger charge is -2.16. The average molecular weight is 365 g/mol.